The highest BCUT2D eigenvalue weighted by Gasteiger charge is 2.37. The van der Waals surface area contributed by atoms with Crippen LogP contribution in [0.5, 0.6) is 11.5 Å². The Hall–Kier alpha value is -3.61. The molecule has 7 heteroatoms. The third-order valence-corrected chi connectivity index (χ3v) is 4.95. The third-order valence-electron chi connectivity index (χ3n) is 4.95. The van der Waals surface area contributed by atoms with Crippen LogP contribution in [0.2, 0.25) is 0 Å². The molecule has 4 amide bonds. The standard InChI is InChI=1S/C24H26N2O5/c1-5-17-11-16(2)12-20(13-17)31-10-9-30-19-8-6-7-18(14-19)15-21-22(27)25(3)24(29)26(4)23(21)28/h6-8,11-15H,5,9-10H2,1-4H3. The van der Waals surface area contributed by atoms with E-state index in [2.05, 4.69) is 13.0 Å². The van der Waals surface area contributed by atoms with Crippen LogP contribution in [0.25, 0.3) is 6.08 Å². The lowest BCUT2D eigenvalue weighted by Crippen LogP contribution is -2.52. The summed E-state index contributed by atoms with van der Waals surface area (Å²) in [5.74, 6) is 0.149. The van der Waals surface area contributed by atoms with Gasteiger partial charge in [0, 0.05) is 14.1 Å². The van der Waals surface area contributed by atoms with E-state index in [1.807, 2.05) is 19.1 Å². The normalized spacial score (nSPS) is 14.2. The van der Waals surface area contributed by atoms with Crippen LogP contribution in [0.15, 0.2) is 48.0 Å². The molecule has 0 bridgehead atoms. The van der Waals surface area contributed by atoms with E-state index in [9.17, 15) is 14.4 Å². The lowest BCUT2D eigenvalue weighted by Gasteiger charge is -2.28. The topological polar surface area (TPSA) is 76.2 Å². The molecule has 0 saturated carbocycles. The highest BCUT2D eigenvalue weighted by atomic mass is 16.5. The number of rotatable bonds is 7. The van der Waals surface area contributed by atoms with Crippen molar-refractivity contribution in [2.24, 2.45) is 0 Å². The van der Waals surface area contributed by atoms with Gasteiger partial charge in [0.05, 0.1) is 0 Å². The van der Waals surface area contributed by atoms with Gasteiger partial charge >= 0.3 is 6.03 Å². The van der Waals surface area contributed by atoms with Crippen molar-refractivity contribution in [1.82, 2.24) is 9.80 Å². The van der Waals surface area contributed by atoms with Gasteiger partial charge in [-0.25, -0.2) is 4.79 Å². The number of amides is 4. The number of carbonyl (C=O) groups excluding carboxylic acids is 3. The predicted molar refractivity (Wildman–Crippen MR) is 117 cm³/mol. The summed E-state index contributed by atoms with van der Waals surface area (Å²) >= 11 is 0. The number of ether oxygens (including phenoxy) is 2. The van der Waals surface area contributed by atoms with E-state index < -0.39 is 17.8 Å². The first-order valence-electron chi connectivity index (χ1n) is 10.1. The van der Waals surface area contributed by atoms with Crippen LogP contribution in [-0.2, 0) is 16.0 Å². The Kier molecular flexibility index (Phi) is 6.74. The van der Waals surface area contributed by atoms with Crippen molar-refractivity contribution in [3.8, 4) is 11.5 Å². The average molecular weight is 422 g/mol. The lowest BCUT2D eigenvalue weighted by molar-refractivity contribution is -0.134. The summed E-state index contributed by atoms with van der Waals surface area (Å²) in [6.45, 7) is 4.86. The Morgan fingerprint density at radius 3 is 2.16 bits per heavy atom. The molecule has 1 aliphatic rings. The molecule has 1 saturated heterocycles. The number of aryl methyl sites for hydroxylation is 2. The van der Waals surface area contributed by atoms with E-state index in [1.54, 1.807) is 24.3 Å². The van der Waals surface area contributed by atoms with Crippen molar-refractivity contribution in [3.63, 3.8) is 0 Å². The lowest BCUT2D eigenvalue weighted by atomic mass is 10.1. The summed E-state index contributed by atoms with van der Waals surface area (Å²) in [6.07, 6.45) is 2.41. The number of hydrogen-bond donors (Lipinski definition) is 0. The molecule has 1 aliphatic heterocycles. The van der Waals surface area contributed by atoms with Crippen molar-refractivity contribution in [1.29, 1.82) is 0 Å². The van der Waals surface area contributed by atoms with Gasteiger partial charge in [-0.15, -0.1) is 0 Å². The number of barbiturate groups is 1. The summed E-state index contributed by atoms with van der Waals surface area (Å²) in [5.41, 5.74) is 2.93. The second-order valence-corrected chi connectivity index (χ2v) is 7.35. The number of urea groups is 1. The largest absolute Gasteiger partial charge is 0.490 e. The fourth-order valence-electron chi connectivity index (χ4n) is 3.27. The minimum Gasteiger partial charge on any atom is -0.490 e. The second kappa shape index (κ2) is 9.47. The fraction of sp³-hybridized carbons (Fsp3) is 0.292. The average Bonchev–Trinajstić information content (AvgIpc) is 2.77. The molecular weight excluding hydrogens is 396 g/mol. The van der Waals surface area contributed by atoms with Crippen LogP contribution < -0.4 is 9.47 Å². The molecule has 0 radical (unpaired) electrons. The molecule has 2 aromatic carbocycles. The zero-order valence-corrected chi connectivity index (χ0v) is 18.2. The summed E-state index contributed by atoms with van der Waals surface area (Å²) in [6, 6.07) is 12.5. The Morgan fingerprint density at radius 1 is 0.871 bits per heavy atom. The molecule has 0 spiro atoms. The molecule has 0 atom stereocenters. The number of carbonyl (C=O) groups is 3. The monoisotopic (exact) mass is 422 g/mol. The second-order valence-electron chi connectivity index (χ2n) is 7.35. The minimum atomic E-state index is -0.649. The molecule has 3 rings (SSSR count). The van der Waals surface area contributed by atoms with Crippen molar-refractivity contribution in [3.05, 3.63) is 64.7 Å². The Morgan fingerprint density at radius 2 is 1.52 bits per heavy atom. The smallest absolute Gasteiger partial charge is 0.333 e. The molecule has 1 heterocycles. The van der Waals surface area contributed by atoms with Crippen LogP contribution in [-0.4, -0.2) is 55.0 Å². The van der Waals surface area contributed by atoms with Gasteiger partial charge < -0.3 is 9.47 Å². The van der Waals surface area contributed by atoms with Crippen molar-refractivity contribution < 1.29 is 23.9 Å². The van der Waals surface area contributed by atoms with E-state index in [0.717, 1.165) is 27.5 Å². The van der Waals surface area contributed by atoms with Crippen LogP contribution in [0.4, 0.5) is 4.79 Å². The van der Waals surface area contributed by atoms with Gasteiger partial charge in [0.25, 0.3) is 11.8 Å². The Labute approximate surface area is 181 Å². The highest BCUT2D eigenvalue weighted by molar-refractivity contribution is 6.30. The third kappa shape index (κ3) is 5.12. The number of imide groups is 2. The first kappa shape index (κ1) is 22.1. The molecule has 0 aliphatic carbocycles. The maximum absolute atomic E-state index is 12.3. The van der Waals surface area contributed by atoms with E-state index in [1.165, 1.54) is 25.7 Å². The molecule has 162 valence electrons. The molecular formula is C24H26N2O5. The van der Waals surface area contributed by atoms with E-state index >= 15 is 0 Å². The maximum Gasteiger partial charge on any atom is 0.333 e. The van der Waals surface area contributed by atoms with Gasteiger partial charge in [0.2, 0.25) is 0 Å². The summed E-state index contributed by atoms with van der Waals surface area (Å²) in [5, 5.41) is 0. The quantitative estimate of drug-likeness (QED) is 0.388. The van der Waals surface area contributed by atoms with Crippen LogP contribution >= 0.6 is 0 Å². The highest BCUT2D eigenvalue weighted by Crippen LogP contribution is 2.21. The molecule has 31 heavy (non-hydrogen) atoms. The molecule has 1 fully saturated rings. The van der Waals surface area contributed by atoms with E-state index in [0.29, 0.717) is 24.5 Å². The number of likely N-dealkylation sites (N-methyl/N-ethyl adjacent to an activating group) is 2. The minimum absolute atomic E-state index is 0.0729. The zero-order valence-electron chi connectivity index (χ0n) is 18.2. The van der Waals surface area contributed by atoms with Crippen molar-refractivity contribution in [2.45, 2.75) is 20.3 Å². The van der Waals surface area contributed by atoms with Crippen LogP contribution in [0, 0.1) is 6.92 Å². The van der Waals surface area contributed by atoms with Crippen molar-refractivity contribution in [2.75, 3.05) is 27.3 Å². The van der Waals surface area contributed by atoms with Crippen LogP contribution in [0.3, 0.4) is 0 Å². The summed E-state index contributed by atoms with van der Waals surface area (Å²) < 4.78 is 11.6. The van der Waals surface area contributed by atoms with Gasteiger partial charge in [-0.05, 0) is 60.4 Å². The number of benzene rings is 2. The number of hydrogen-bond acceptors (Lipinski definition) is 5. The van der Waals surface area contributed by atoms with Crippen molar-refractivity contribution >= 4 is 23.9 Å². The van der Waals surface area contributed by atoms with E-state index in [-0.39, 0.29) is 5.57 Å². The molecule has 0 unspecified atom stereocenters. The van der Waals surface area contributed by atoms with E-state index in [4.69, 9.17) is 9.47 Å². The fourth-order valence-corrected chi connectivity index (χ4v) is 3.27. The number of nitrogens with zero attached hydrogens (tertiary/aromatic N) is 2. The SMILES string of the molecule is CCc1cc(C)cc(OCCOc2cccc(C=C3C(=O)N(C)C(=O)N(C)C3=O)c2)c1. The first-order chi connectivity index (χ1) is 14.8. The van der Waals surface area contributed by atoms with Gasteiger partial charge in [0.15, 0.2) is 0 Å². The molecule has 2 aromatic rings. The molecule has 0 N–H and O–H groups in total. The van der Waals surface area contributed by atoms with Gasteiger partial charge in [-0.3, -0.25) is 19.4 Å². The first-order valence-corrected chi connectivity index (χ1v) is 10.1. The van der Waals surface area contributed by atoms with Gasteiger partial charge in [0.1, 0.15) is 30.3 Å². The van der Waals surface area contributed by atoms with Gasteiger partial charge in [-0.2, -0.15) is 0 Å². The molecule has 0 aromatic heterocycles. The zero-order chi connectivity index (χ0) is 22.5. The van der Waals surface area contributed by atoms with Gasteiger partial charge in [-0.1, -0.05) is 25.1 Å². The Bertz CT molecular complexity index is 1020. The summed E-state index contributed by atoms with van der Waals surface area (Å²) in [7, 11) is 2.69. The molecule has 7 nitrogen and oxygen atoms in total. The maximum atomic E-state index is 12.3. The van der Waals surface area contributed by atoms with Crippen LogP contribution in [0.1, 0.15) is 23.6 Å². The summed E-state index contributed by atoms with van der Waals surface area (Å²) in [4.78, 5) is 38.4. The Balaban J connectivity index is 1.64. The predicted octanol–water partition coefficient (Wildman–Crippen LogP) is 3.45.